The zero-order chi connectivity index (χ0) is 15.1. The molecule has 3 heteroatoms. The minimum absolute atomic E-state index is 0.330. The van der Waals surface area contributed by atoms with Crippen molar-refractivity contribution in [1.29, 1.82) is 0 Å². The van der Waals surface area contributed by atoms with Gasteiger partial charge in [-0.05, 0) is 29.5 Å². The van der Waals surface area contributed by atoms with Crippen molar-refractivity contribution in [3.8, 4) is 11.1 Å². The predicted octanol–water partition coefficient (Wildman–Crippen LogP) is 3.18. The summed E-state index contributed by atoms with van der Waals surface area (Å²) >= 11 is 0. The molecule has 0 saturated carbocycles. The molecule has 2 aromatic rings. The molecule has 0 bridgehead atoms. The highest BCUT2D eigenvalue weighted by Gasteiger charge is 2.15. The summed E-state index contributed by atoms with van der Waals surface area (Å²) in [6, 6.07) is 17.7. The minimum atomic E-state index is -0.598. The molecule has 2 aromatic carbocycles. The fraction of sp³-hybridized carbons (Fsp3) is 0.278. The van der Waals surface area contributed by atoms with Crippen LogP contribution >= 0.6 is 0 Å². The first kappa shape index (κ1) is 15.3. The predicted molar refractivity (Wildman–Crippen MR) is 84.8 cm³/mol. The second-order valence-corrected chi connectivity index (χ2v) is 5.04. The van der Waals surface area contributed by atoms with E-state index >= 15 is 0 Å². The van der Waals surface area contributed by atoms with Gasteiger partial charge in [0.15, 0.2) is 0 Å². The molecule has 0 spiro atoms. The molecular weight excluding hydrogens is 262 g/mol. The summed E-state index contributed by atoms with van der Waals surface area (Å²) in [5, 5.41) is 0. The van der Waals surface area contributed by atoms with E-state index in [1.807, 2.05) is 37.3 Å². The van der Waals surface area contributed by atoms with Gasteiger partial charge in [-0.15, -0.1) is 0 Å². The van der Waals surface area contributed by atoms with Gasteiger partial charge in [0, 0.05) is 0 Å². The van der Waals surface area contributed by atoms with Crippen molar-refractivity contribution in [2.24, 2.45) is 5.73 Å². The Labute approximate surface area is 125 Å². The normalized spacial score (nSPS) is 11.9. The van der Waals surface area contributed by atoms with Crippen molar-refractivity contribution in [2.75, 3.05) is 6.61 Å². The second-order valence-electron chi connectivity index (χ2n) is 5.04. The molecule has 0 aliphatic rings. The lowest BCUT2D eigenvalue weighted by Gasteiger charge is -2.11. The van der Waals surface area contributed by atoms with Crippen LogP contribution in [0.3, 0.4) is 0 Å². The third-order valence-corrected chi connectivity index (χ3v) is 3.27. The van der Waals surface area contributed by atoms with E-state index in [-0.39, 0.29) is 5.97 Å². The van der Waals surface area contributed by atoms with E-state index in [0.717, 1.165) is 17.5 Å². The van der Waals surface area contributed by atoms with E-state index in [2.05, 4.69) is 24.3 Å². The third kappa shape index (κ3) is 4.43. The van der Waals surface area contributed by atoms with Crippen LogP contribution in [0.25, 0.3) is 11.1 Å². The van der Waals surface area contributed by atoms with Gasteiger partial charge in [-0.2, -0.15) is 0 Å². The van der Waals surface area contributed by atoms with Gasteiger partial charge in [0.25, 0.3) is 0 Å². The molecule has 0 heterocycles. The maximum Gasteiger partial charge on any atom is 0.323 e. The number of rotatable bonds is 6. The fourth-order valence-electron chi connectivity index (χ4n) is 2.11. The third-order valence-electron chi connectivity index (χ3n) is 3.27. The standard InChI is InChI=1S/C18H21NO2/c1-2-12-21-18(20)17(19)13-14-8-10-16(11-9-14)15-6-4-3-5-7-15/h3-11,17H,2,12-13,19H2,1H3. The van der Waals surface area contributed by atoms with Crippen molar-refractivity contribution in [2.45, 2.75) is 25.8 Å². The van der Waals surface area contributed by atoms with Gasteiger partial charge in [0.2, 0.25) is 0 Å². The van der Waals surface area contributed by atoms with Crippen LogP contribution in [-0.2, 0) is 16.0 Å². The molecule has 2 N–H and O–H groups in total. The highest BCUT2D eigenvalue weighted by Crippen LogP contribution is 2.19. The molecule has 21 heavy (non-hydrogen) atoms. The number of hydrogen-bond acceptors (Lipinski definition) is 3. The molecule has 3 nitrogen and oxygen atoms in total. The minimum Gasteiger partial charge on any atom is -0.465 e. The molecule has 1 atom stereocenters. The molecule has 1 unspecified atom stereocenters. The van der Waals surface area contributed by atoms with Crippen LogP contribution in [-0.4, -0.2) is 18.6 Å². The van der Waals surface area contributed by atoms with Gasteiger partial charge >= 0.3 is 5.97 Å². The van der Waals surface area contributed by atoms with E-state index in [9.17, 15) is 4.79 Å². The zero-order valence-corrected chi connectivity index (χ0v) is 12.3. The molecule has 0 amide bonds. The van der Waals surface area contributed by atoms with Gasteiger partial charge < -0.3 is 10.5 Å². The molecule has 0 radical (unpaired) electrons. The summed E-state index contributed by atoms with van der Waals surface area (Å²) in [5.41, 5.74) is 9.23. The van der Waals surface area contributed by atoms with E-state index in [0.29, 0.717) is 13.0 Å². The largest absolute Gasteiger partial charge is 0.465 e. The summed E-state index contributed by atoms with van der Waals surface area (Å²) in [6.45, 7) is 2.39. The molecule has 0 saturated heterocycles. The SMILES string of the molecule is CCCOC(=O)C(N)Cc1ccc(-c2ccccc2)cc1. The average molecular weight is 283 g/mol. The lowest BCUT2D eigenvalue weighted by Crippen LogP contribution is -2.34. The van der Waals surface area contributed by atoms with Crippen LogP contribution in [0, 0.1) is 0 Å². The van der Waals surface area contributed by atoms with Gasteiger partial charge in [-0.1, -0.05) is 61.5 Å². The Morgan fingerprint density at radius 1 is 1.05 bits per heavy atom. The monoisotopic (exact) mass is 283 g/mol. The van der Waals surface area contributed by atoms with E-state index in [1.165, 1.54) is 5.56 Å². The smallest absolute Gasteiger partial charge is 0.323 e. The topological polar surface area (TPSA) is 52.3 Å². The number of nitrogens with two attached hydrogens (primary N) is 1. The Hall–Kier alpha value is -2.13. The maximum absolute atomic E-state index is 11.6. The molecule has 0 fully saturated rings. The highest BCUT2D eigenvalue weighted by molar-refractivity contribution is 5.76. The van der Waals surface area contributed by atoms with Crippen molar-refractivity contribution in [3.05, 3.63) is 60.2 Å². The van der Waals surface area contributed by atoms with Gasteiger partial charge in [-0.3, -0.25) is 4.79 Å². The quantitative estimate of drug-likeness (QED) is 0.828. The van der Waals surface area contributed by atoms with E-state index in [1.54, 1.807) is 0 Å². The Balaban J connectivity index is 1.98. The summed E-state index contributed by atoms with van der Waals surface area (Å²) in [4.78, 5) is 11.6. The van der Waals surface area contributed by atoms with Crippen LogP contribution < -0.4 is 5.73 Å². The zero-order valence-electron chi connectivity index (χ0n) is 12.3. The van der Waals surface area contributed by atoms with Crippen LogP contribution in [0.2, 0.25) is 0 Å². The Morgan fingerprint density at radius 3 is 2.29 bits per heavy atom. The van der Waals surface area contributed by atoms with Crippen molar-refractivity contribution in [1.82, 2.24) is 0 Å². The summed E-state index contributed by atoms with van der Waals surface area (Å²) in [5.74, 6) is -0.330. The molecule has 110 valence electrons. The maximum atomic E-state index is 11.6. The molecule has 0 aliphatic carbocycles. The number of esters is 1. The highest BCUT2D eigenvalue weighted by atomic mass is 16.5. The number of ether oxygens (including phenoxy) is 1. The molecule has 0 aromatic heterocycles. The van der Waals surface area contributed by atoms with E-state index in [4.69, 9.17) is 10.5 Å². The lowest BCUT2D eigenvalue weighted by atomic mass is 10.0. The number of benzene rings is 2. The molecule has 2 rings (SSSR count). The second kappa shape index (κ2) is 7.60. The van der Waals surface area contributed by atoms with Crippen molar-refractivity contribution in [3.63, 3.8) is 0 Å². The summed E-state index contributed by atoms with van der Waals surface area (Å²) < 4.78 is 5.05. The Morgan fingerprint density at radius 2 is 1.67 bits per heavy atom. The fourth-order valence-corrected chi connectivity index (χ4v) is 2.11. The molecule has 0 aliphatic heterocycles. The Kier molecular flexibility index (Phi) is 5.52. The van der Waals surface area contributed by atoms with Crippen LogP contribution in [0.5, 0.6) is 0 Å². The van der Waals surface area contributed by atoms with Crippen molar-refractivity contribution >= 4 is 5.97 Å². The van der Waals surface area contributed by atoms with Gasteiger partial charge in [0.05, 0.1) is 6.61 Å². The lowest BCUT2D eigenvalue weighted by molar-refractivity contribution is -0.145. The average Bonchev–Trinajstić information content (AvgIpc) is 2.54. The summed E-state index contributed by atoms with van der Waals surface area (Å²) in [6.07, 6.45) is 1.31. The van der Waals surface area contributed by atoms with Gasteiger partial charge in [-0.25, -0.2) is 0 Å². The van der Waals surface area contributed by atoms with Gasteiger partial charge in [0.1, 0.15) is 6.04 Å². The number of carbonyl (C=O) groups excluding carboxylic acids is 1. The van der Waals surface area contributed by atoms with E-state index < -0.39 is 6.04 Å². The molecular formula is C18H21NO2. The first-order valence-electron chi connectivity index (χ1n) is 7.27. The first-order valence-corrected chi connectivity index (χ1v) is 7.27. The van der Waals surface area contributed by atoms with Crippen molar-refractivity contribution < 1.29 is 9.53 Å². The number of hydrogen-bond donors (Lipinski definition) is 1. The van der Waals surface area contributed by atoms with Crippen LogP contribution in [0.15, 0.2) is 54.6 Å². The number of carbonyl (C=O) groups is 1. The summed E-state index contributed by atoms with van der Waals surface area (Å²) in [7, 11) is 0. The first-order chi connectivity index (χ1) is 10.2. The van der Waals surface area contributed by atoms with Crippen LogP contribution in [0.4, 0.5) is 0 Å². The van der Waals surface area contributed by atoms with Crippen LogP contribution in [0.1, 0.15) is 18.9 Å². The Bertz CT molecular complexity index is 564.